The zero-order valence-electron chi connectivity index (χ0n) is 24.2. The molecule has 0 bridgehead atoms. The fourth-order valence-electron chi connectivity index (χ4n) is 6.62. The van der Waals surface area contributed by atoms with E-state index in [2.05, 4.69) is 114 Å². The lowest BCUT2D eigenvalue weighted by Gasteiger charge is -2.34. The first kappa shape index (κ1) is 26.9. The average Bonchev–Trinajstić information content (AvgIpc) is 3.52. The van der Waals surface area contributed by atoms with Gasteiger partial charge in [-0.25, -0.2) is 0 Å². The van der Waals surface area contributed by atoms with Crippen LogP contribution >= 0.6 is 0 Å². The molecule has 198 valence electrons. The molecule has 2 unspecified atom stereocenters. The molecule has 0 amide bonds. The van der Waals surface area contributed by atoms with Crippen molar-refractivity contribution in [3.8, 4) is 0 Å². The van der Waals surface area contributed by atoms with Gasteiger partial charge in [-0.3, -0.25) is 0 Å². The summed E-state index contributed by atoms with van der Waals surface area (Å²) in [5.74, 6) is 0.589. The van der Waals surface area contributed by atoms with Gasteiger partial charge in [0.1, 0.15) is 0 Å². The summed E-state index contributed by atoms with van der Waals surface area (Å²) >= 11 is 0. The Kier molecular flexibility index (Phi) is 7.76. The first-order valence-electron chi connectivity index (χ1n) is 14.5. The number of rotatable bonds is 8. The van der Waals surface area contributed by atoms with Gasteiger partial charge in [-0.05, 0) is 95.2 Å². The first-order valence-corrected chi connectivity index (χ1v) is 14.5. The van der Waals surface area contributed by atoms with E-state index in [9.17, 15) is 0 Å². The Bertz CT molecular complexity index is 1470. The number of allylic oxidation sites excluding steroid dienone is 13. The maximum Gasteiger partial charge on any atom is 0.0201 e. The first-order chi connectivity index (χ1) is 18.8. The van der Waals surface area contributed by atoms with E-state index in [1.54, 1.807) is 0 Å². The van der Waals surface area contributed by atoms with Crippen molar-refractivity contribution in [1.29, 1.82) is 0 Å². The van der Waals surface area contributed by atoms with Gasteiger partial charge < -0.3 is 0 Å². The molecule has 0 spiro atoms. The molecule has 0 aromatic heterocycles. The third-order valence-corrected chi connectivity index (χ3v) is 8.73. The summed E-state index contributed by atoms with van der Waals surface area (Å²) in [6.45, 7) is 22.2. The van der Waals surface area contributed by atoms with Crippen LogP contribution in [-0.4, -0.2) is 0 Å². The third-order valence-electron chi connectivity index (χ3n) is 8.73. The predicted octanol–water partition coefficient (Wildman–Crippen LogP) is 10.9. The summed E-state index contributed by atoms with van der Waals surface area (Å²) in [6.07, 6.45) is 14.6. The fraction of sp³-hybridized carbons (Fsp3) is 0.282. The standard InChI is InChI=1S/C39H42/c1-8-10-26(5)37-27(6)21-36-24-35(28(7)38(36)39(37)33-14-11-29(9-2)12-15-33)23-30-13-16-34(22-30)32-19-17-31(18-20-32)25(3)4/h11-21,23,38-39H,3,5,7-10,22,24H2,1-2,4,6H3/b35-23+. The summed E-state index contributed by atoms with van der Waals surface area (Å²) in [5, 5.41) is 0. The van der Waals surface area contributed by atoms with Crippen LogP contribution in [0, 0.1) is 5.92 Å². The Balaban J connectivity index is 1.42. The smallest absolute Gasteiger partial charge is 0.0201 e. The molecule has 39 heavy (non-hydrogen) atoms. The number of aryl methyl sites for hydroxylation is 1. The maximum absolute atomic E-state index is 4.73. The summed E-state index contributed by atoms with van der Waals surface area (Å²) < 4.78 is 0. The molecule has 0 saturated heterocycles. The molecule has 3 aliphatic rings. The van der Waals surface area contributed by atoms with Crippen molar-refractivity contribution in [3.63, 3.8) is 0 Å². The monoisotopic (exact) mass is 510 g/mol. The molecule has 0 N–H and O–H groups in total. The molecule has 0 radical (unpaired) electrons. The average molecular weight is 511 g/mol. The van der Waals surface area contributed by atoms with Crippen molar-refractivity contribution in [1.82, 2.24) is 0 Å². The van der Waals surface area contributed by atoms with Crippen LogP contribution in [0.25, 0.3) is 11.1 Å². The molecular weight excluding hydrogens is 468 g/mol. The van der Waals surface area contributed by atoms with E-state index in [0.29, 0.717) is 5.92 Å². The van der Waals surface area contributed by atoms with Crippen LogP contribution < -0.4 is 0 Å². The van der Waals surface area contributed by atoms with Gasteiger partial charge in [0.05, 0.1) is 0 Å². The molecule has 0 nitrogen and oxygen atoms in total. The zero-order chi connectivity index (χ0) is 27.7. The predicted molar refractivity (Wildman–Crippen MR) is 171 cm³/mol. The lowest BCUT2D eigenvalue weighted by atomic mass is 9.69. The van der Waals surface area contributed by atoms with Gasteiger partial charge in [-0.2, -0.15) is 0 Å². The Labute approximate surface area is 236 Å². The van der Waals surface area contributed by atoms with Crippen LogP contribution in [0.2, 0.25) is 0 Å². The van der Waals surface area contributed by atoms with E-state index in [1.165, 1.54) is 66.8 Å². The molecule has 0 heteroatoms. The van der Waals surface area contributed by atoms with Crippen LogP contribution in [-0.2, 0) is 6.42 Å². The summed E-state index contributed by atoms with van der Waals surface area (Å²) in [4.78, 5) is 0. The largest absolute Gasteiger partial charge is 0.0955 e. The van der Waals surface area contributed by atoms with E-state index in [1.807, 2.05) is 0 Å². The van der Waals surface area contributed by atoms with E-state index < -0.39 is 0 Å². The summed E-state index contributed by atoms with van der Waals surface area (Å²) in [6, 6.07) is 18.1. The normalized spacial score (nSPS) is 21.6. The van der Waals surface area contributed by atoms with Gasteiger partial charge in [0, 0.05) is 11.8 Å². The van der Waals surface area contributed by atoms with Crippen molar-refractivity contribution in [2.45, 2.75) is 65.7 Å². The highest BCUT2D eigenvalue weighted by Gasteiger charge is 2.40. The Morgan fingerprint density at radius 3 is 2.28 bits per heavy atom. The second-order valence-electron chi connectivity index (χ2n) is 11.6. The number of benzene rings is 2. The molecule has 5 rings (SSSR count). The van der Waals surface area contributed by atoms with E-state index >= 15 is 0 Å². The highest BCUT2D eigenvalue weighted by atomic mass is 14.4. The topological polar surface area (TPSA) is 0 Å². The molecule has 2 aromatic rings. The van der Waals surface area contributed by atoms with Gasteiger partial charge >= 0.3 is 0 Å². The van der Waals surface area contributed by atoms with Crippen molar-refractivity contribution >= 4 is 11.1 Å². The molecule has 1 saturated carbocycles. The van der Waals surface area contributed by atoms with Gasteiger partial charge in [-0.15, -0.1) is 0 Å². The van der Waals surface area contributed by atoms with Gasteiger partial charge in [-0.1, -0.05) is 130 Å². The Morgan fingerprint density at radius 2 is 1.64 bits per heavy atom. The van der Waals surface area contributed by atoms with E-state index in [0.717, 1.165) is 37.7 Å². The summed E-state index contributed by atoms with van der Waals surface area (Å²) in [7, 11) is 0. The molecule has 3 aliphatic carbocycles. The van der Waals surface area contributed by atoms with Crippen LogP contribution in [0.15, 0.2) is 132 Å². The highest BCUT2D eigenvalue weighted by Crippen LogP contribution is 2.55. The van der Waals surface area contributed by atoms with Crippen molar-refractivity contribution in [3.05, 3.63) is 154 Å². The summed E-state index contributed by atoms with van der Waals surface area (Å²) in [5.41, 5.74) is 17.4. The highest BCUT2D eigenvalue weighted by molar-refractivity contribution is 5.75. The second kappa shape index (κ2) is 11.2. The number of hydrogen-bond donors (Lipinski definition) is 0. The number of hydrogen-bond acceptors (Lipinski definition) is 0. The molecule has 2 aromatic carbocycles. The Hall–Kier alpha value is -3.64. The quantitative estimate of drug-likeness (QED) is 0.331. The van der Waals surface area contributed by atoms with Crippen LogP contribution in [0.1, 0.15) is 81.5 Å². The lowest BCUT2D eigenvalue weighted by Crippen LogP contribution is -2.21. The van der Waals surface area contributed by atoms with Crippen LogP contribution in [0.3, 0.4) is 0 Å². The second-order valence-corrected chi connectivity index (χ2v) is 11.6. The van der Waals surface area contributed by atoms with E-state index in [-0.39, 0.29) is 5.92 Å². The van der Waals surface area contributed by atoms with Gasteiger partial charge in [0.25, 0.3) is 0 Å². The lowest BCUT2D eigenvalue weighted by molar-refractivity contribution is 0.619. The van der Waals surface area contributed by atoms with E-state index in [4.69, 9.17) is 6.58 Å². The zero-order valence-corrected chi connectivity index (χ0v) is 24.2. The minimum atomic E-state index is 0.284. The molecule has 0 aliphatic heterocycles. The van der Waals surface area contributed by atoms with Crippen LogP contribution in [0.5, 0.6) is 0 Å². The maximum atomic E-state index is 4.73. The Morgan fingerprint density at radius 1 is 0.923 bits per heavy atom. The molecular formula is C39H42. The minimum absolute atomic E-state index is 0.284. The van der Waals surface area contributed by atoms with Gasteiger partial charge in [0.2, 0.25) is 0 Å². The van der Waals surface area contributed by atoms with Crippen molar-refractivity contribution in [2.24, 2.45) is 5.92 Å². The van der Waals surface area contributed by atoms with Crippen LogP contribution in [0.4, 0.5) is 0 Å². The number of fused-ring (bicyclic) bond motifs is 1. The van der Waals surface area contributed by atoms with Crippen molar-refractivity contribution < 1.29 is 0 Å². The molecule has 1 fully saturated rings. The van der Waals surface area contributed by atoms with Gasteiger partial charge in [0.15, 0.2) is 0 Å². The van der Waals surface area contributed by atoms with Crippen molar-refractivity contribution in [2.75, 3.05) is 0 Å². The molecule has 2 atom stereocenters. The fourth-order valence-corrected chi connectivity index (χ4v) is 6.62. The molecule has 0 heterocycles. The minimum Gasteiger partial charge on any atom is -0.0955 e. The SMILES string of the molecule is C=C(CCC)C1=C(C)C=C2C/C(=C\C3=CC=C(c4ccc(C(=C)C)cc4)C3)C(=C)C2C1c1ccc(CC)cc1. The third kappa shape index (κ3) is 5.30.